The van der Waals surface area contributed by atoms with E-state index in [1.807, 2.05) is 52.1 Å². The second-order valence-corrected chi connectivity index (χ2v) is 7.30. The first-order valence-electron chi connectivity index (χ1n) is 9.46. The SMILES string of the molecule is CC(C)c1cc([C@@H]2CCCN2C(=O)Cn2ccnc2-c2ccccc2)no1. The van der Waals surface area contributed by atoms with Crippen LogP contribution in [0, 0.1) is 0 Å². The van der Waals surface area contributed by atoms with Crippen molar-refractivity contribution in [1.82, 2.24) is 19.6 Å². The Bertz CT molecular complexity index is 913. The molecule has 0 N–H and O–H groups in total. The lowest BCUT2D eigenvalue weighted by atomic mass is 10.1. The molecule has 0 unspecified atom stereocenters. The second kappa shape index (κ2) is 7.39. The van der Waals surface area contributed by atoms with E-state index in [1.54, 1.807) is 6.20 Å². The van der Waals surface area contributed by atoms with E-state index in [4.69, 9.17) is 4.52 Å². The first-order chi connectivity index (χ1) is 13.1. The molecule has 1 amide bonds. The third-order valence-electron chi connectivity index (χ3n) is 5.08. The van der Waals surface area contributed by atoms with Gasteiger partial charge < -0.3 is 14.0 Å². The second-order valence-electron chi connectivity index (χ2n) is 7.30. The van der Waals surface area contributed by atoms with Crippen LogP contribution in [-0.2, 0) is 11.3 Å². The van der Waals surface area contributed by atoms with E-state index in [9.17, 15) is 4.79 Å². The highest BCUT2D eigenvalue weighted by atomic mass is 16.5. The molecular formula is C21H24N4O2. The predicted octanol–water partition coefficient (Wildman–Crippen LogP) is 4.03. The van der Waals surface area contributed by atoms with Crippen LogP contribution in [0.1, 0.15) is 50.1 Å². The zero-order chi connectivity index (χ0) is 18.8. The molecule has 4 rings (SSSR count). The van der Waals surface area contributed by atoms with Gasteiger partial charge in [0.25, 0.3) is 0 Å². The number of amides is 1. The highest BCUT2D eigenvalue weighted by Crippen LogP contribution is 2.33. The summed E-state index contributed by atoms with van der Waals surface area (Å²) in [5, 5.41) is 4.23. The summed E-state index contributed by atoms with van der Waals surface area (Å²) in [6, 6.07) is 11.9. The fourth-order valence-corrected chi connectivity index (χ4v) is 3.63. The third kappa shape index (κ3) is 3.52. The number of benzene rings is 1. The summed E-state index contributed by atoms with van der Waals surface area (Å²) in [5.74, 6) is 2.05. The summed E-state index contributed by atoms with van der Waals surface area (Å²) in [4.78, 5) is 19.4. The zero-order valence-electron chi connectivity index (χ0n) is 15.7. The molecule has 0 radical (unpaired) electrons. The summed E-state index contributed by atoms with van der Waals surface area (Å²) in [6.45, 7) is 5.18. The molecule has 1 aliphatic heterocycles. The summed E-state index contributed by atoms with van der Waals surface area (Å²) >= 11 is 0. The fraction of sp³-hybridized carbons (Fsp3) is 0.381. The van der Waals surface area contributed by atoms with Gasteiger partial charge in [-0.25, -0.2) is 4.98 Å². The molecule has 6 nitrogen and oxygen atoms in total. The molecule has 27 heavy (non-hydrogen) atoms. The first kappa shape index (κ1) is 17.5. The fourth-order valence-electron chi connectivity index (χ4n) is 3.63. The number of likely N-dealkylation sites (tertiary alicyclic amines) is 1. The van der Waals surface area contributed by atoms with Gasteiger partial charge in [-0.15, -0.1) is 0 Å². The molecule has 3 heterocycles. The molecule has 0 spiro atoms. The monoisotopic (exact) mass is 364 g/mol. The maximum Gasteiger partial charge on any atom is 0.243 e. The average Bonchev–Trinajstić information content (AvgIpc) is 3.41. The topological polar surface area (TPSA) is 64.2 Å². The van der Waals surface area contributed by atoms with Gasteiger partial charge in [0.1, 0.15) is 23.8 Å². The zero-order valence-corrected chi connectivity index (χ0v) is 15.7. The van der Waals surface area contributed by atoms with Crippen molar-refractivity contribution in [3.05, 3.63) is 60.2 Å². The molecule has 1 aliphatic rings. The van der Waals surface area contributed by atoms with Crippen LogP contribution >= 0.6 is 0 Å². The van der Waals surface area contributed by atoms with Gasteiger partial charge in [0.15, 0.2) is 0 Å². The van der Waals surface area contributed by atoms with E-state index < -0.39 is 0 Å². The summed E-state index contributed by atoms with van der Waals surface area (Å²) in [6.07, 6.45) is 5.50. The summed E-state index contributed by atoms with van der Waals surface area (Å²) in [7, 11) is 0. The lowest BCUT2D eigenvalue weighted by Gasteiger charge is -2.23. The van der Waals surface area contributed by atoms with Crippen molar-refractivity contribution in [2.45, 2.75) is 45.2 Å². The molecule has 6 heteroatoms. The van der Waals surface area contributed by atoms with E-state index in [-0.39, 0.29) is 24.4 Å². The maximum atomic E-state index is 13.0. The molecule has 0 saturated carbocycles. The Hall–Kier alpha value is -2.89. The molecule has 1 aromatic carbocycles. The minimum absolute atomic E-state index is 0.00236. The van der Waals surface area contributed by atoms with Crippen molar-refractivity contribution in [1.29, 1.82) is 0 Å². The van der Waals surface area contributed by atoms with Gasteiger partial charge in [0.05, 0.1) is 6.04 Å². The highest BCUT2D eigenvalue weighted by Gasteiger charge is 2.32. The number of hydrogen-bond donors (Lipinski definition) is 0. The molecule has 140 valence electrons. The third-order valence-corrected chi connectivity index (χ3v) is 5.08. The van der Waals surface area contributed by atoms with Gasteiger partial charge >= 0.3 is 0 Å². The van der Waals surface area contributed by atoms with Crippen molar-refractivity contribution < 1.29 is 9.32 Å². The van der Waals surface area contributed by atoms with E-state index in [1.165, 1.54) is 0 Å². The van der Waals surface area contributed by atoms with Crippen LogP contribution in [0.15, 0.2) is 53.3 Å². The quantitative estimate of drug-likeness (QED) is 0.686. The number of nitrogens with zero attached hydrogens (tertiary/aromatic N) is 4. The minimum atomic E-state index is -0.00236. The van der Waals surface area contributed by atoms with Crippen molar-refractivity contribution in [2.24, 2.45) is 0 Å². The Morgan fingerprint density at radius 2 is 2.11 bits per heavy atom. The molecular weight excluding hydrogens is 340 g/mol. The molecule has 0 aliphatic carbocycles. The Kier molecular flexibility index (Phi) is 4.79. The predicted molar refractivity (Wildman–Crippen MR) is 102 cm³/mol. The van der Waals surface area contributed by atoms with Crippen LogP contribution in [-0.4, -0.2) is 32.1 Å². The Morgan fingerprint density at radius 1 is 1.30 bits per heavy atom. The largest absolute Gasteiger partial charge is 0.361 e. The number of imidazole rings is 1. The van der Waals surface area contributed by atoms with Gasteiger partial charge in [-0.05, 0) is 12.8 Å². The van der Waals surface area contributed by atoms with E-state index >= 15 is 0 Å². The normalized spacial score (nSPS) is 17.0. The van der Waals surface area contributed by atoms with Crippen molar-refractivity contribution in [2.75, 3.05) is 6.54 Å². The van der Waals surface area contributed by atoms with E-state index in [2.05, 4.69) is 24.0 Å². The van der Waals surface area contributed by atoms with Gasteiger partial charge in [-0.1, -0.05) is 49.3 Å². The van der Waals surface area contributed by atoms with Crippen molar-refractivity contribution in [3.63, 3.8) is 0 Å². The molecule has 0 bridgehead atoms. The number of carbonyl (C=O) groups excluding carboxylic acids is 1. The summed E-state index contributed by atoms with van der Waals surface area (Å²) < 4.78 is 7.36. The van der Waals surface area contributed by atoms with E-state index in [0.717, 1.165) is 42.2 Å². The van der Waals surface area contributed by atoms with Gasteiger partial charge in [0, 0.05) is 36.5 Å². The van der Waals surface area contributed by atoms with Gasteiger partial charge in [0.2, 0.25) is 5.91 Å². The molecule has 1 atom stereocenters. The van der Waals surface area contributed by atoms with Gasteiger partial charge in [-0.3, -0.25) is 4.79 Å². The number of rotatable bonds is 5. The minimum Gasteiger partial charge on any atom is -0.361 e. The average molecular weight is 364 g/mol. The Balaban J connectivity index is 1.52. The number of carbonyl (C=O) groups is 1. The first-order valence-corrected chi connectivity index (χ1v) is 9.46. The van der Waals surface area contributed by atoms with Crippen molar-refractivity contribution >= 4 is 5.91 Å². The van der Waals surface area contributed by atoms with Crippen LogP contribution in [0.3, 0.4) is 0 Å². The van der Waals surface area contributed by atoms with Crippen LogP contribution < -0.4 is 0 Å². The molecule has 2 aromatic heterocycles. The lowest BCUT2D eigenvalue weighted by Crippen LogP contribution is -2.33. The standard InChI is InChI=1S/C21H24N4O2/c1-15(2)19-13-17(23-27-19)18-9-6-11-25(18)20(26)14-24-12-10-22-21(24)16-7-4-3-5-8-16/h3-5,7-8,10,12-13,15,18H,6,9,11,14H2,1-2H3/t18-/m0/s1. The van der Waals surface area contributed by atoms with Crippen LogP contribution in [0.2, 0.25) is 0 Å². The van der Waals surface area contributed by atoms with Crippen LogP contribution in [0.4, 0.5) is 0 Å². The van der Waals surface area contributed by atoms with E-state index in [0.29, 0.717) is 0 Å². The molecule has 1 fully saturated rings. The smallest absolute Gasteiger partial charge is 0.243 e. The molecule has 1 saturated heterocycles. The Labute approximate surface area is 158 Å². The lowest BCUT2D eigenvalue weighted by molar-refractivity contribution is -0.132. The number of aromatic nitrogens is 3. The van der Waals surface area contributed by atoms with Crippen LogP contribution in [0.5, 0.6) is 0 Å². The highest BCUT2D eigenvalue weighted by molar-refractivity contribution is 5.77. The molecule has 3 aromatic rings. The van der Waals surface area contributed by atoms with Crippen LogP contribution in [0.25, 0.3) is 11.4 Å². The summed E-state index contributed by atoms with van der Waals surface area (Å²) in [5.41, 5.74) is 1.87. The maximum absolute atomic E-state index is 13.0. The van der Waals surface area contributed by atoms with Crippen molar-refractivity contribution in [3.8, 4) is 11.4 Å². The number of hydrogen-bond acceptors (Lipinski definition) is 4. The Morgan fingerprint density at radius 3 is 2.85 bits per heavy atom. The van der Waals surface area contributed by atoms with Gasteiger partial charge in [-0.2, -0.15) is 0 Å².